The maximum absolute atomic E-state index is 11.7. The number of nitrogens with zero attached hydrogens (tertiary/aromatic N) is 6. The van der Waals surface area contributed by atoms with Crippen molar-refractivity contribution in [1.29, 1.82) is 0 Å². The van der Waals surface area contributed by atoms with Gasteiger partial charge in [-0.3, -0.25) is 9.69 Å². The van der Waals surface area contributed by atoms with Gasteiger partial charge in [-0.15, -0.1) is 0 Å². The van der Waals surface area contributed by atoms with E-state index in [9.17, 15) is 4.79 Å². The maximum Gasteiger partial charge on any atom is 0.308 e. The van der Waals surface area contributed by atoms with Crippen molar-refractivity contribution >= 4 is 29.2 Å². The van der Waals surface area contributed by atoms with Crippen LogP contribution in [0.15, 0.2) is 67.0 Å². The summed E-state index contributed by atoms with van der Waals surface area (Å²) in [6.45, 7) is 4.57. The van der Waals surface area contributed by atoms with Crippen LogP contribution in [0.25, 0.3) is 11.5 Å². The molecule has 0 atom stereocenters. The van der Waals surface area contributed by atoms with Crippen LogP contribution < -0.4 is 10.6 Å². The number of aryl methyl sites for hydroxylation is 1. The number of hydrogen-bond donors (Lipinski definition) is 2. The zero-order valence-corrected chi connectivity index (χ0v) is 21.5. The van der Waals surface area contributed by atoms with Gasteiger partial charge in [-0.2, -0.15) is 4.98 Å². The van der Waals surface area contributed by atoms with Crippen LogP contribution in [0.1, 0.15) is 24.1 Å². The minimum absolute atomic E-state index is 0.0228. The van der Waals surface area contributed by atoms with Gasteiger partial charge in [-0.25, -0.2) is 19.9 Å². The van der Waals surface area contributed by atoms with Crippen molar-refractivity contribution < 1.29 is 9.53 Å². The summed E-state index contributed by atoms with van der Waals surface area (Å²) >= 11 is 0. The normalized spacial score (nSPS) is 14.2. The third-order valence-corrected chi connectivity index (χ3v) is 6.42. The molecule has 0 radical (unpaired) electrons. The molecule has 3 aromatic heterocycles. The van der Waals surface area contributed by atoms with Crippen LogP contribution in [0.4, 0.5) is 23.3 Å². The van der Waals surface area contributed by atoms with Crippen LogP contribution in [0.5, 0.6) is 0 Å². The van der Waals surface area contributed by atoms with E-state index in [-0.39, 0.29) is 11.9 Å². The standard InChI is InChI=1S/C28H30N8O2/c1-19-4-3-5-23(31-19)26-29-14-10-24(34-26)33-25-11-15-30-28(35-25)32-22-8-6-20(7-9-22)18-36-16-12-21(13-17-36)27(37)38-2/h3-11,14-15,21H,12-13,16-18H2,1-2H3,(H2,29,30,32,33,34,35). The SMILES string of the molecule is COC(=O)C1CCN(Cc2ccc(Nc3nccc(Nc4ccnc(-c5cccc(C)n5)n4)n3)cc2)CC1. The molecule has 10 nitrogen and oxygen atoms in total. The highest BCUT2D eigenvalue weighted by atomic mass is 16.5. The summed E-state index contributed by atoms with van der Waals surface area (Å²) in [5.74, 6) is 2.16. The molecule has 0 amide bonds. The van der Waals surface area contributed by atoms with Gasteiger partial charge in [0, 0.05) is 30.3 Å². The lowest BCUT2D eigenvalue weighted by molar-refractivity contribution is -0.147. The number of carbonyl (C=O) groups is 1. The van der Waals surface area contributed by atoms with Gasteiger partial charge < -0.3 is 15.4 Å². The molecular formula is C28H30N8O2. The zero-order chi connectivity index (χ0) is 26.3. The average molecular weight is 511 g/mol. The van der Waals surface area contributed by atoms with E-state index < -0.39 is 0 Å². The molecule has 194 valence electrons. The summed E-state index contributed by atoms with van der Waals surface area (Å²) in [6, 6.07) is 17.6. The topological polar surface area (TPSA) is 118 Å². The Labute approximate surface area is 221 Å². The minimum Gasteiger partial charge on any atom is -0.469 e. The van der Waals surface area contributed by atoms with Crippen molar-refractivity contribution in [1.82, 2.24) is 29.8 Å². The number of ether oxygens (including phenoxy) is 1. The van der Waals surface area contributed by atoms with Crippen molar-refractivity contribution in [2.75, 3.05) is 30.8 Å². The molecule has 10 heteroatoms. The molecule has 38 heavy (non-hydrogen) atoms. The second-order valence-electron chi connectivity index (χ2n) is 9.22. The van der Waals surface area contributed by atoms with E-state index in [1.165, 1.54) is 12.7 Å². The second kappa shape index (κ2) is 11.7. The number of benzene rings is 1. The molecule has 5 rings (SSSR count). The number of aromatic nitrogens is 5. The van der Waals surface area contributed by atoms with Gasteiger partial charge in [-0.1, -0.05) is 18.2 Å². The second-order valence-corrected chi connectivity index (χ2v) is 9.22. The van der Waals surface area contributed by atoms with Crippen LogP contribution in [0.2, 0.25) is 0 Å². The van der Waals surface area contributed by atoms with Gasteiger partial charge >= 0.3 is 5.97 Å². The van der Waals surface area contributed by atoms with Gasteiger partial charge in [0.25, 0.3) is 0 Å². The van der Waals surface area contributed by atoms with Crippen molar-refractivity contribution in [3.63, 3.8) is 0 Å². The number of piperidine rings is 1. The molecule has 2 N–H and O–H groups in total. The molecule has 0 saturated carbocycles. The van der Waals surface area contributed by atoms with Gasteiger partial charge in [0.1, 0.15) is 17.3 Å². The van der Waals surface area contributed by atoms with E-state index in [0.717, 1.165) is 43.9 Å². The molecule has 4 aromatic rings. The Hall–Kier alpha value is -4.44. The highest BCUT2D eigenvalue weighted by Gasteiger charge is 2.25. The number of likely N-dealkylation sites (tertiary alicyclic amines) is 1. The fourth-order valence-electron chi connectivity index (χ4n) is 4.41. The van der Waals surface area contributed by atoms with Crippen LogP contribution in [-0.2, 0) is 16.1 Å². The van der Waals surface area contributed by atoms with Gasteiger partial charge in [0.15, 0.2) is 5.82 Å². The number of rotatable bonds is 8. The predicted octanol–water partition coefficient (Wildman–Crippen LogP) is 4.51. The third kappa shape index (κ3) is 6.46. The lowest BCUT2D eigenvalue weighted by atomic mass is 9.96. The molecule has 1 saturated heterocycles. The molecule has 0 bridgehead atoms. The lowest BCUT2D eigenvalue weighted by Gasteiger charge is -2.30. The molecule has 0 aliphatic carbocycles. The highest BCUT2D eigenvalue weighted by molar-refractivity contribution is 5.72. The molecule has 0 unspecified atom stereocenters. The van der Waals surface area contributed by atoms with E-state index in [0.29, 0.717) is 29.1 Å². The smallest absolute Gasteiger partial charge is 0.308 e. The monoisotopic (exact) mass is 510 g/mol. The van der Waals surface area contributed by atoms with Crippen LogP contribution in [-0.4, -0.2) is 56.0 Å². The minimum atomic E-state index is -0.0945. The molecule has 0 spiro atoms. The zero-order valence-electron chi connectivity index (χ0n) is 21.5. The lowest BCUT2D eigenvalue weighted by Crippen LogP contribution is -2.36. The molecule has 1 aliphatic heterocycles. The fourth-order valence-corrected chi connectivity index (χ4v) is 4.41. The van der Waals surface area contributed by atoms with Crippen LogP contribution in [0, 0.1) is 12.8 Å². The van der Waals surface area contributed by atoms with Gasteiger partial charge in [0.05, 0.1) is 13.0 Å². The van der Waals surface area contributed by atoms with E-state index in [1.54, 1.807) is 24.5 Å². The van der Waals surface area contributed by atoms with E-state index in [1.807, 2.05) is 37.3 Å². The fraction of sp³-hybridized carbons (Fsp3) is 0.286. The predicted molar refractivity (Wildman–Crippen MR) is 145 cm³/mol. The third-order valence-electron chi connectivity index (χ3n) is 6.42. The van der Waals surface area contributed by atoms with Crippen molar-refractivity contribution in [3.05, 3.63) is 78.2 Å². The Morgan fingerprint density at radius 3 is 2.39 bits per heavy atom. The van der Waals surface area contributed by atoms with Crippen molar-refractivity contribution in [2.24, 2.45) is 5.92 Å². The number of methoxy groups -OCH3 is 1. The number of esters is 1. The molecule has 1 aromatic carbocycles. The number of nitrogens with one attached hydrogen (secondary N) is 2. The molecule has 4 heterocycles. The van der Waals surface area contributed by atoms with Crippen molar-refractivity contribution in [2.45, 2.75) is 26.3 Å². The van der Waals surface area contributed by atoms with Crippen molar-refractivity contribution in [3.8, 4) is 11.5 Å². The molecule has 1 fully saturated rings. The van der Waals surface area contributed by atoms with Gasteiger partial charge in [0.2, 0.25) is 5.95 Å². The van der Waals surface area contributed by atoms with E-state index in [2.05, 4.69) is 52.6 Å². The van der Waals surface area contributed by atoms with Gasteiger partial charge in [-0.05, 0) is 74.8 Å². The number of anilines is 4. The Morgan fingerprint density at radius 1 is 0.921 bits per heavy atom. The Morgan fingerprint density at radius 2 is 1.66 bits per heavy atom. The summed E-state index contributed by atoms with van der Waals surface area (Å²) in [6.07, 6.45) is 5.06. The quantitative estimate of drug-likeness (QED) is 0.328. The van der Waals surface area contributed by atoms with Crippen LogP contribution in [0.3, 0.4) is 0 Å². The average Bonchev–Trinajstić information content (AvgIpc) is 2.94. The number of hydrogen-bond acceptors (Lipinski definition) is 10. The summed E-state index contributed by atoms with van der Waals surface area (Å²) in [5.41, 5.74) is 3.73. The first-order chi connectivity index (χ1) is 18.6. The first-order valence-electron chi connectivity index (χ1n) is 12.6. The van der Waals surface area contributed by atoms with Crippen LogP contribution >= 0.6 is 0 Å². The van der Waals surface area contributed by atoms with E-state index >= 15 is 0 Å². The Bertz CT molecular complexity index is 1390. The summed E-state index contributed by atoms with van der Waals surface area (Å²) in [4.78, 5) is 36.4. The first-order valence-corrected chi connectivity index (χ1v) is 12.6. The summed E-state index contributed by atoms with van der Waals surface area (Å²) < 4.78 is 4.88. The first kappa shape index (κ1) is 25.2. The maximum atomic E-state index is 11.7. The number of carbonyl (C=O) groups excluding carboxylic acids is 1. The molecular weight excluding hydrogens is 480 g/mol. The number of pyridine rings is 1. The molecule has 1 aliphatic rings. The van der Waals surface area contributed by atoms with E-state index in [4.69, 9.17) is 4.74 Å². The Balaban J connectivity index is 1.18. The highest BCUT2D eigenvalue weighted by Crippen LogP contribution is 2.22. The Kier molecular flexibility index (Phi) is 7.79. The largest absolute Gasteiger partial charge is 0.469 e. The summed E-state index contributed by atoms with van der Waals surface area (Å²) in [5, 5.41) is 6.48. The summed E-state index contributed by atoms with van der Waals surface area (Å²) in [7, 11) is 1.46.